The molecule has 0 radical (unpaired) electrons. The topological polar surface area (TPSA) is 27.7 Å². The van der Waals surface area contributed by atoms with Gasteiger partial charge in [0.05, 0.1) is 6.61 Å². The van der Waals surface area contributed by atoms with Crippen LogP contribution < -0.4 is 5.32 Å². The minimum atomic E-state index is 0.283. The Morgan fingerprint density at radius 2 is 2.17 bits per heavy atom. The Hall–Kier alpha value is -0.390. The quantitative estimate of drug-likeness (QED) is 0.775. The summed E-state index contributed by atoms with van der Waals surface area (Å²) < 4.78 is 5.14. The molecule has 0 amide bonds. The van der Waals surface area contributed by atoms with Crippen LogP contribution in [0.3, 0.4) is 0 Å². The maximum Gasteiger partial charge on any atom is 0.169 e. The van der Waals surface area contributed by atoms with Crippen LogP contribution in [0.25, 0.3) is 0 Å². The summed E-state index contributed by atoms with van der Waals surface area (Å²) in [6, 6.07) is 0.996. The highest BCUT2D eigenvalue weighted by molar-refractivity contribution is 7.80. The highest BCUT2D eigenvalue weighted by atomic mass is 32.1. The van der Waals surface area contributed by atoms with E-state index in [4.69, 9.17) is 17.0 Å². The Bertz CT molecular complexity index is 287. The third kappa shape index (κ3) is 3.56. The summed E-state index contributed by atoms with van der Waals surface area (Å²) in [5.74, 6) is 0. The lowest BCUT2D eigenvalue weighted by Gasteiger charge is -2.29. The van der Waals surface area contributed by atoms with Gasteiger partial charge in [0.25, 0.3) is 0 Å². The largest absolute Gasteiger partial charge is 0.383 e. The van der Waals surface area contributed by atoms with E-state index in [0.717, 1.165) is 18.2 Å². The van der Waals surface area contributed by atoms with Crippen molar-refractivity contribution in [1.29, 1.82) is 0 Å². The van der Waals surface area contributed by atoms with E-state index in [1.165, 1.54) is 32.4 Å². The highest BCUT2D eigenvalue weighted by Crippen LogP contribution is 2.21. The van der Waals surface area contributed by atoms with Crippen LogP contribution in [0.2, 0.25) is 0 Å². The van der Waals surface area contributed by atoms with Gasteiger partial charge in [0, 0.05) is 38.8 Å². The summed E-state index contributed by atoms with van der Waals surface area (Å²) in [6.07, 6.45) is 3.89. The first-order valence-electron chi connectivity index (χ1n) is 6.99. The number of fused-ring (bicyclic) bond motifs is 1. The molecule has 2 rings (SSSR count). The maximum absolute atomic E-state index is 5.53. The molecule has 2 aliphatic heterocycles. The van der Waals surface area contributed by atoms with Crippen LogP contribution in [-0.2, 0) is 4.74 Å². The first-order chi connectivity index (χ1) is 8.70. The molecule has 2 heterocycles. The van der Waals surface area contributed by atoms with Crippen molar-refractivity contribution in [1.82, 2.24) is 15.1 Å². The summed E-state index contributed by atoms with van der Waals surface area (Å²) >= 11 is 5.53. The van der Waals surface area contributed by atoms with Gasteiger partial charge in [-0.05, 0) is 44.9 Å². The second-order valence-corrected chi connectivity index (χ2v) is 5.82. The number of methoxy groups -OCH3 is 1. The van der Waals surface area contributed by atoms with Crippen molar-refractivity contribution in [3.8, 4) is 0 Å². The van der Waals surface area contributed by atoms with Crippen LogP contribution in [0.15, 0.2) is 0 Å². The van der Waals surface area contributed by atoms with Crippen LogP contribution in [0, 0.1) is 0 Å². The lowest BCUT2D eigenvalue weighted by atomic mass is 10.2. The van der Waals surface area contributed by atoms with Gasteiger partial charge >= 0.3 is 0 Å². The normalized spacial score (nSPS) is 26.6. The molecular formula is C13H25N3OS. The fraction of sp³-hybridized carbons (Fsp3) is 0.923. The second-order valence-electron chi connectivity index (χ2n) is 5.44. The zero-order chi connectivity index (χ0) is 13.0. The average molecular weight is 271 g/mol. The SMILES string of the molecule is COCC(C)NC(=S)N1CCCN2CCCC2C1. The van der Waals surface area contributed by atoms with Crippen LogP contribution >= 0.6 is 12.2 Å². The molecule has 2 unspecified atom stereocenters. The molecule has 104 valence electrons. The Labute approximate surface area is 116 Å². The number of rotatable bonds is 3. The maximum atomic E-state index is 5.53. The van der Waals surface area contributed by atoms with Gasteiger partial charge in [-0.15, -0.1) is 0 Å². The monoisotopic (exact) mass is 271 g/mol. The summed E-state index contributed by atoms with van der Waals surface area (Å²) in [5.41, 5.74) is 0. The summed E-state index contributed by atoms with van der Waals surface area (Å²) in [7, 11) is 1.73. The Kier molecular flexibility index (Phi) is 5.21. The van der Waals surface area contributed by atoms with Crippen molar-refractivity contribution in [2.75, 3.05) is 39.9 Å². The van der Waals surface area contributed by atoms with Crippen molar-refractivity contribution in [3.05, 3.63) is 0 Å². The van der Waals surface area contributed by atoms with Gasteiger partial charge in [0.1, 0.15) is 0 Å². The standard InChI is InChI=1S/C13H25N3OS/c1-11(10-17-2)14-13(18)16-8-4-7-15-6-3-5-12(15)9-16/h11-12H,3-10H2,1-2H3,(H,14,18). The molecule has 0 aromatic rings. The molecule has 2 saturated heterocycles. The van der Waals surface area contributed by atoms with E-state index in [9.17, 15) is 0 Å². The number of thiocarbonyl (C=S) groups is 1. The first kappa shape index (κ1) is 14.0. The molecule has 1 N–H and O–H groups in total. The molecule has 2 atom stereocenters. The Balaban J connectivity index is 1.85. The van der Waals surface area contributed by atoms with E-state index >= 15 is 0 Å². The number of hydrogen-bond acceptors (Lipinski definition) is 3. The van der Waals surface area contributed by atoms with Gasteiger partial charge in [0.15, 0.2) is 5.11 Å². The van der Waals surface area contributed by atoms with E-state index < -0.39 is 0 Å². The van der Waals surface area contributed by atoms with Crippen LogP contribution in [0.4, 0.5) is 0 Å². The van der Waals surface area contributed by atoms with Gasteiger partial charge in [-0.2, -0.15) is 0 Å². The fourth-order valence-electron chi connectivity index (χ4n) is 2.98. The molecule has 0 aromatic heterocycles. The third-order valence-corrected chi connectivity index (χ3v) is 4.25. The lowest BCUT2D eigenvalue weighted by Crippen LogP contribution is -2.48. The molecule has 4 nitrogen and oxygen atoms in total. The fourth-order valence-corrected chi connectivity index (χ4v) is 3.35. The van der Waals surface area contributed by atoms with Crippen LogP contribution in [-0.4, -0.2) is 66.9 Å². The number of nitrogens with one attached hydrogen (secondary N) is 1. The number of nitrogens with zero attached hydrogens (tertiary/aromatic N) is 2. The zero-order valence-electron chi connectivity index (χ0n) is 11.5. The molecule has 5 heteroatoms. The highest BCUT2D eigenvalue weighted by Gasteiger charge is 2.29. The summed E-state index contributed by atoms with van der Waals surface area (Å²) in [5, 5.41) is 4.27. The number of ether oxygens (including phenoxy) is 1. The van der Waals surface area contributed by atoms with E-state index in [1.807, 2.05) is 0 Å². The molecule has 0 aromatic carbocycles. The smallest absolute Gasteiger partial charge is 0.169 e. The van der Waals surface area contributed by atoms with Gasteiger partial charge < -0.3 is 15.0 Å². The van der Waals surface area contributed by atoms with Gasteiger partial charge in [0.2, 0.25) is 0 Å². The molecule has 18 heavy (non-hydrogen) atoms. The minimum absolute atomic E-state index is 0.283. The van der Waals surface area contributed by atoms with Crippen molar-refractivity contribution in [3.63, 3.8) is 0 Å². The van der Waals surface area contributed by atoms with Crippen molar-refractivity contribution in [2.24, 2.45) is 0 Å². The van der Waals surface area contributed by atoms with E-state index in [-0.39, 0.29) is 6.04 Å². The molecule has 0 spiro atoms. The van der Waals surface area contributed by atoms with E-state index in [1.54, 1.807) is 7.11 Å². The molecule has 0 bridgehead atoms. The summed E-state index contributed by atoms with van der Waals surface area (Å²) in [4.78, 5) is 4.97. The summed E-state index contributed by atoms with van der Waals surface area (Å²) in [6.45, 7) is 7.49. The molecule has 2 fully saturated rings. The zero-order valence-corrected chi connectivity index (χ0v) is 12.3. The molecule has 0 saturated carbocycles. The van der Waals surface area contributed by atoms with Crippen molar-refractivity contribution >= 4 is 17.3 Å². The second kappa shape index (κ2) is 6.68. The Morgan fingerprint density at radius 3 is 2.94 bits per heavy atom. The average Bonchev–Trinajstić information content (AvgIpc) is 2.66. The number of hydrogen-bond donors (Lipinski definition) is 1. The molecular weight excluding hydrogens is 246 g/mol. The van der Waals surface area contributed by atoms with Crippen molar-refractivity contribution < 1.29 is 4.74 Å². The van der Waals surface area contributed by atoms with Gasteiger partial charge in [-0.3, -0.25) is 4.90 Å². The molecule has 2 aliphatic rings. The van der Waals surface area contributed by atoms with Crippen LogP contribution in [0.5, 0.6) is 0 Å². The minimum Gasteiger partial charge on any atom is -0.383 e. The van der Waals surface area contributed by atoms with Gasteiger partial charge in [-0.1, -0.05) is 0 Å². The van der Waals surface area contributed by atoms with Crippen molar-refractivity contribution in [2.45, 2.75) is 38.3 Å². The molecule has 0 aliphatic carbocycles. The van der Waals surface area contributed by atoms with E-state index in [2.05, 4.69) is 22.0 Å². The lowest BCUT2D eigenvalue weighted by molar-refractivity contribution is 0.177. The first-order valence-corrected chi connectivity index (χ1v) is 7.40. The van der Waals surface area contributed by atoms with Crippen LogP contribution in [0.1, 0.15) is 26.2 Å². The predicted molar refractivity (Wildman–Crippen MR) is 77.9 cm³/mol. The predicted octanol–water partition coefficient (Wildman–Crippen LogP) is 1.07. The van der Waals surface area contributed by atoms with E-state index in [0.29, 0.717) is 12.6 Å². The van der Waals surface area contributed by atoms with Gasteiger partial charge in [-0.25, -0.2) is 0 Å². The third-order valence-electron chi connectivity index (χ3n) is 3.88. The Morgan fingerprint density at radius 1 is 1.39 bits per heavy atom.